The van der Waals surface area contributed by atoms with E-state index in [4.69, 9.17) is 9.79 Å². The zero-order valence-corrected chi connectivity index (χ0v) is 25.3. The van der Waals surface area contributed by atoms with E-state index in [2.05, 4.69) is 97.9 Å². The van der Waals surface area contributed by atoms with Gasteiger partial charge in [-0.05, 0) is 88.2 Å². The van der Waals surface area contributed by atoms with Crippen LogP contribution < -0.4 is 11.1 Å². The van der Waals surface area contributed by atoms with Gasteiger partial charge in [-0.2, -0.15) is 0 Å². The molecule has 218 valence electrons. The molecular formula is C33H44N6O2. The number of rotatable bonds is 8. The number of carbonyl (C=O) groups excluding carboxylic acids is 2. The molecule has 0 saturated carbocycles. The van der Waals surface area contributed by atoms with Crippen molar-refractivity contribution in [3.05, 3.63) is 88.6 Å². The summed E-state index contributed by atoms with van der Waals surface area (Å²) in [6, 6.07) is 19.1. The number of aliphatic imine (C=N–C) groups is 1. The molecule has 3 N–H and O–H groups in total. The number of primary amides is 1. The van der Waals surface area contributed by atoms with E-state index in [9.17, 15) is 4.79 Å². The normalized spacial score (nSPS) is 14.3. The number of fused-ring (bicyclic) bond motifs is 1. The Labute approximate surface area is 244 Å². The van der Waals surface area contributed by atoms with E-state index in [1.807, 2.05) is 30.0 Å². The van der Waals surface area contributed by atoms with Crippen molar-refractivity contribution in [2.75, 3.05) is 33.7 Å². The Hall–Kier alpha value is -4.17. The van der Waals surface area contributed by atoms with Gasteiger partial charge in [0.15, 0.2) is 0 Å². The van der Waals surface area contributed by atoms with Gasteiger partial charge in [0.05, 0.1) is 18.6 Å². The number of benzene rings is 2. The maximum Gasteiger partial charge on any atom is 0.237 e. The van der Waals surface area contributed by atoms with E-state index in [0.29, 0.717) is 26.2 Å². The third-order valence-electron chi connectivity index (χ3n) is 7.06. The molecule has 0 spiro atoms. The molecule has 0 atom stereocenters. The minimum atomic E-state index is 0.167. The van der Waals surface area contributed by atoms with Gasteiger partial charge in [-0.1, -0.05) is 49.4 Å². The predicted octanol–water partition coefficient (Wildman–Crippen LogP) is 4.87. The fourth-order valence-electron chi connectivity index (χ4n) is 5.13. The minimum absolute atomic E-state index is 0.167. The molecule has 2 amide bonds. The maximum atomic E-state index is 12.8. The topological polar surface area (TPSA) is 96.0 Å². The number of allylic oxidation sites excluding steroid dienone is 1. The summed E-state index contributed by atoms with van der Waals surface area (Å²) in [6.07, 6.45) is 4.15. The Balaban J connectivity index is 0.00000147. The van der Waals surface area contributed by atoms with Crippen LogP contribution in [0, 0.1) is 13.8 Å². The molecule has 0 fully saturated rings. The fraction of sp³-hybridized carbons (Fsp3) is 0.364. The van der Waals surface area contributed by atoms with Gasteiger partial charge in [-0.3, -0.25) is 14.6 Å². The first-order chi connectivity index (χ1) is 19.7. The van der Waals surface area contributed by atoms with Crippen LogP contribution in [-0.4, -0.2) is 66.2 Å². The third kappa shape index (κ3) is 8.17. The average molecular weight is 557 g/mol. The van der Waals surface area contributed by atoms with E-state index in [-0.39, 0.29) is 12.3 Å². The molecule has 0 bridgehead atoms. The van der Waals surface area contributed by atoms with Crippen LogP contribution in [0.4, 0.5) is 0 Å². The number of likely N-dealkylation sites (N-methyl/N-ethyl adjacent to an activating group) is 1. The number of amides is 2. The average Bonchev–Trinajstić information content (AvgIpc) is 3.28. The van der Waals surface area contributed by atoms with E-state index in [1.165, 1.54) is 38.9 Å². The number of hydrogen-bond donors (Lipinski definition) is 2. The summed E-state index contributed by atoms with van der Waals surface area (Å²) >= 11 is 0. The van der Waals surface area contributed by atoms with Crippen molar-refractivity contribution < 1.29 is 9.59 Å². The maximum absolute atomic E-state index is 12.8. The van der Waals surface area contributed by atoms with Crippen LogP contribution in [0.25, 0.3) is 16.7 Å². The van der Waals surface area contributed by atoms with Crippen molar-refractivity contribution in [2.24, 2.45) is 10.7 Å². The van der Waals surface area contributed by atoms with Crippen LogP contribution in [0.2, 0.25) is 0 Å². The summed E-state index contributed by atoms with van der Waals surface area (Å²) in [5.41, 5.74) is 11.4. The van der Waals surface area contributed by atoms with E-state index in [1.54, 1.807) is 0 Å². The zero-order valence-electron chi connectivity index (χ0n) is 25.3. The SMILES string of the molecule is CC/C=C(/NC(=NCc1ccccc1)C1=C(C)CN(C(=O)CN(C)C)CC1)n1c(C)cc2c(C)cccc21.NC=O. The Morgan fingerprint density at radius 3 is 2.44 bits per heavy atom. The van der Waals surface area contributed by atoms with Crippen molar-refractivity contribution in [1.82, 2.24) is 19.7 Å². The molecule has 2 heterocycles. The lowest BCUT2D eigenvalue weighted by Gasteiger charge is -2.31. The standard InChI is InChI=1S/C32H41N5O.CH3NO/c1-7-12-30(37-25(4)19-28-23(2)13-11-16-29(28)37)34-32(33-20-26-14-9-8-10-15-26)27-17-18-36(21-24(27)3)31(38)22-35(5)6;2-1-3/h8-16,19H,7,17-18,20-22H2,1-6H3,(H,33,34);1H,(H2,2,3)/b30-12-;. The van der Waals surface area contributed by atoms with Crippen molar-refractivity contribution in [2.45, 2.75) is 47.1 Å². The lowest BCUT2D eigenvalue weighted by molar-refractivity contribution is -0.131. The van der Waals surface area contributed by atoms with E-state index < -0.39 is 0 Å². The van der Waals surface area contributed by atoms with Crippen LogP contribution >= 0.6 is 0 Å². The fourth-order valence-corrected chi connectivity index (χ4v) is 5.13. The summed E-state index contributed by atoms with van der Waals surface area (Å²) in [7, 11) is 3.87. The van der Waals surface area contributed by atoms with Gasteiger partial charge in [0.25, 0.3) is 0 Å². The number of aromatic nitrogens is 1. The first kappa shape index (κ1) is 31.4. The molecule has 0 radical (unpaired) electrons. The number of carbonyl (C=O) groups is 2. The Morgan fingerprint density at radius 2 is 1.80 bits per heavy atom. The highest BCUT2D eigenvalue weighted by Gasteiger charge is 2.24. The van der Waals surface area contributed by atoms with Gasteiger partial charge in [0.1, 0.15) is 11.7 Å². The van der Waals surface area contributed by atoms with E-state index >= 15 is 0 Å². The van der Waals surface area contributed by atoms with Gasteiger partial charge in [0.2, 0.25) is 12.3 Å². The molecule has 3 aromatic rings. The molecule has 0 aliphatic carbocycles. The molecule has 0 unspecified atom stereocenters. The summed E-state index contributed by atoms with van der Waals surface area (Å²) in [5.74, 6) is 2.07. The number of nitrogens with one attached hydrogen (secondary N) is 1. The molecule has 1 aromatic heterocycles. The summed E-state index contributed by atoms with van der Waals surface area (Å²) in [5, 5.41) is 5.02. The van der Waals surface area contributed by atoms with Crippen LogP contribution in [-0.2, 0) is 16.1 Å². The lowest BCUT2D eigenvalue weighted by atomic mass is 9.99. The molecule has 8 heteroatoms. The first-order valence-corrected chi connectivity index (χ1v) is 14.1. The number of aryl methyl sites for hydroxylation is 2. The van der Waals surface area contributed by atoms with Crippen LogP contribution in [0.3, 0.4) is 0 Å². The Kier molecular flexibility index (Phi) is 11.5. The van der Waals surface area contributed by atoms with Crippen LogP contribution in [0.15, 0.2) is 76.8 Å². The molecule has 4 rings (SSSR count). The second-order valence-corrected chi connectivity index (χ2v) is 10.6. The summed E-state index contributed by atoms with van der Waals surface area (Å²) in [6.45, 7) is 11.0. The van der Waals surface area contributed by atoms with Crippen molar-refractivity contribution in [3.8, 4) is 0 Å². The van der Waals surface area contributed by atoms with Crippen LogP contribution in [0.1, 0.15) is 43.5 Å². The lowest BCUT2D eigenvalue weighted by Crippen LogP contribution is -2.43. The number of amidine groups is 1. The highest BCUT2D eigenvalue weighted by Crippen LogP contribution is 2.27. The second kappa shape index (κ2) is 15.0. The molecular weight excluding hydrogens is 512 g/mol. The largest absolute Gasteiger partial charge is 0.372 e. The highest BCUT2D eigenvalue weighted by molar-refractivity contribution is 6.03. The first-order valence-electron chi connectivity index (χ1n) is 14.1. The molecule has 0 saturated heterocycles. The summed E-state index contributed by atoms with van der Waals surface area (Å²) in [4.78, 5) is 30.4. The third-order valence-corrected chi connectivity index (χ3v) is 7.06. The minimum Gasteiger partial charge on any atom is -0.372 e. The quantitative estimate of drug-likeness (QED) is 0.235. The molecule has 2 aromatic carbocycles. The van der Waals surface area contributed by atoms with Gasteiger partial charge >= 0.3 is 0 Å². The smallest absolute Gasteiger partial charge is 0.237 e. The Bertz CT molecular complexity index is 1430. The van der Waals surface area contributed by atoms with Gasteiger partial charge in [-0.15, -0.1) is 0 Å². The number of hydrogen-bond acceptors (Lipinski definition) is 4. The van der Waals surface area contributed by atoms with Gasteiger partial charge in [0, 0.05) is 24.2 Å². The highest BCUT2D eigenvalue weighted by atomic mass is 16.2. The summed E-state index contributed by atoms with van der Waals surface area (Å²) < 4.78 is 2.30. The zero-order chi connectivity index (χ0) is 29.9. The number of nitrogens with zero attached hydrogens (tertiary/aromatic N) is 4. The van der Waals surface area contributed by atoms with Gasteiger partial charge in [-0.25, -0.2) is 0 Å². The second-order valence-electron chi connectivity index (χ2n) is 10.6. The molecule has 1 aliphatic rings. The monoisotopic (exact) mass is 556 g/mol. The molecule has 41 heavy (non-hydrogen) atoms. The van der Waals surface area contributed by atoms with Crippen molar-refractivity contribution in [1.29, 1.82) is 0 Å². The molecule has 8 nitrogen and oxygen atoms in total. The molecule has 1 aliphatic heterocycles. The van der Waals surface area contributed by atoms with E-state index in [0.717, 1.165) is 24.5 Å². The Morgan fingerprint density at radius 1 is 1.10 bits per heavy atom. The predicted molar refractivity (Wildman–Crippen MR) is 169 cm³/mol. The van der Waals surface area contributed by atoms with Gasteiger partial charge < -0.3 is 25.4 Å². The van der Waals surface area contributed by atoms with Crippen LogP contribution in [0.5, 0.6) is 0 Å². The number of nitrogens with two attached hydrogens (primary N) is 1. The van der Waals surface area contributed by atoms with Crippen molar-refractivity contribution in [3.63, 3.8) is 0 Å². The van der Waals surface area contributed by atoms with Crippen molar-refractivity contribution >= 4 is 34.9 Å².